The second-order valence-electron chi connectivity index (χ2n) is 3.49. The van der Waals surface area contributed by atoms with E-state index < -0.39 is 11.8 Å². The Morgan fingerprint density at radius 3 is 2.89 bits per heavy atom. The van der Waals surface area contributed by atoms with E-state index in [0.717, 1.165) is 0 Å². The minimum Gasteiger partial charge on any atom is -0.494 e. The molecular formula is C12H11FN2O4. The second kappa shape index (κ2) is 5.47. The van der Waals surface area contributed by atoms with Gasteiger partial charge in [0.25, 0.3) is 11.7 Å². The maximum atomic E-state index is 13.5. The van der Waals surface area contributed by atoms with Crippen molar-refractivity contribution in [3.05, 3.63) is 29.8 Å². The number of ether oxygens (including phenoxy) is 2. The highest BCUT2D eigenvalue weighted by molar-refractivity contribution is 5.85. The van der Waals surface area contributed by atoms with Crippen LogP contribution in [0.3, 0.4) is 0 Å². The van der Waals surface area contributed by atoms with Crippen LogP contribution >= 0.6 is 0 Å². The number of halogens is 1. The molecule has 0 amide bonds. The molecule has 0 saturated carbocycles. The van der Waals surface area contributed by atoms with Crippen LogP contribution < -0.4 is 4.74 Å². The number of methoxy groups -OCH3 is 1. The van der Waals surface area contributed by atoms with E-state index in [-0.39, 0.29) is 24.1 Å². The molecule has 0 bridgehead atoms. The van der Waals surface area contributed by atoms with E-state index in [2.05, 4.69) is 10.1 Å². The number of carbonyl (C=O) groups excluding carboxylic acids is 1. The van der Waals surface area contributed by atoms with Crippen LogP contribution in [0, 0.1) is 5.82 Å². The first-order valence-electron chi connectivity index (χ1n) is 5.50. The van der Waals surface area contributed by atoms with E-state index in [1.165, 1.54) is 19.2 Å². The fourth-order valence-electron chi connectivity index (χ4n) is 1.42. The zero-order valence-corrected chi connectivity index (χ0v) is 10.3. The van der Waals surface area contributed by atoms with Crippen molar-refractivity contribution in [2.45, 2.75) is 6.92 Å². The SMILES string of the molecule is CCOC(=O)c1noc(-c2ccc(OC)c(F)c2)n1. The summed E-state index contributed by atoms with van der Waals surface area (Å²) in [6.45, 7) is 1.87. The van der Waals surface area contributed by atoms with Gasteiger partial charge in [-0.05, 0) is 30.3 Å². The van der Waals surface area contributed by atoms with Gasteiger partial charge in [-0.2, -0.15) is 4.98 Å². The lowest BCUT2D eigenvalue weighted by atomic mass is 10.2. The third kappa shape index (κ3) is 2.70. The largest absolute Gasteiger partial charge is 0.494 e. The average Bonchev–Trinajstić information content (AvgIpc) is 2.88. The first-order valence-corrected chi connectivity index (χ1v) is 5.50. The molecule has 1 aromatic carbocycles. The molecule has 6 nitrogen and oxygen atoms in total. The lowest BCUT2D eigenvalue weighted by Crippen LogP contribution is -2.06. The molecule has 0 unspecified atom stereocenters. The summed E-state index contributed by atoms with van der Waals surface area (Å²) >= 11 is 0. The van der Waals surface area contributed by atoms with Gasteiger partial charge in [0.15, 0.2) is 11.6 Å². The summed E-state index contributed by atoms with van der Waals surface area (Å²) in [5, 5.41) is 3.47. The predicted octanol–water partition coefficient (Wildman–Crippen LogP) is 2.06. The molecule has 0 N–H and O–H groups in total. The Balaban J connectivity index is 2.27. The molecule has 0 saturated heterocycles. The lowest BCUT2D eigenvalue weighted by molar-refractivity contribution is 0.0508. The predicted molar refractivity (Wildman–Crippen MR) is 62.2 cm³/mol. The van der Waals surface area contributed by atoms with Gasteiger partial charge in [-0.15, -0.1) is 0 Å². The number of aromatic nitrogens is 2. The molecule has 7 heteroatoms. The van der Waals surface area contributed by atoms with Crippen molar-refractivity contribution >= 4 is 5.97 Å². The number of rotatable bonds is 4. The molecule has 0 atom stereocenters. The number of nitrogens with zero attached hydrogens (tertiary/aromatic N) is 2. The van der Waals surface area contributed by atoms with Crippen LogP contribution in [0.15, 0.2) is 22.7 Å². The highest BCUT2D eigenvalue weighted by Crippen LogP contribution is 2.24. The number of benzene rings is 1. The number of hydrogen-bond donors (Lipinski definition) is 0. The Morgan fingerprint density at radius 1 is 1.47 bits per heavy atom. The summed E-state index contributed by atoms with van der Waals surface area (Å²) < 4.78 is 27.9. The third-order valence-electron chi connectivity index (χ3n) is 2.28. The number of hydrogen-bond acceptors (Lipinski definition) is 6. The number of carbonyl (C=O) groups is 1. The molecule has 2 aromatic rings. The third-order valence-corrected chi connectivity index (χ3v) is 2.28. The topological polar surface area (TPSA) is 74.5 Å². The van der Waals surface area contributed by atoms with Crippen molar-refractivity contribution in [1.29, 1.82) is 0 Å². The van der Waals surface area contributed by atoms with Gasteiger partial charge in [0.2, 0.25) is 0 Å². The van der Waals surface area contributed by atoms with E-state index in [1.807, 2.05) is 0 Å². The molecule has 0 fully saturated rings. The molecule has 0 aliphatic rings. The van der Waals surface area contributed by atoms with Crippen molar-refractivity contribution in [3.8, 4) is 17.2 Å². The maximum Gasteiger partial charge on any atom is 0.379 e. The Labute approximate surface area is 108 Å². The lowest BCUT2D eigenvalue weighted by Gasteiger charge is -2.01. The molecule has 0 aliphatic heterocycles. The first-order chi connectivity index (χ1) is 9.15. The van der Waals surface area contributed by atoms with Crippen molar-refractivity contribution in [3.63, 3.8) is 0 Å². The van der Waals surface area contributed by atoms with Crippen molar-refractivity contribution < 1.29 is 23.2 Å². The van der Waals surface area contributed by atoms with Gasteiger partial charge in [-0.3, -0.25) is 0 Å². The fourth-order valence-corrected chi connectivity index (χ4v) is 1.42. The molecule has 1 aromatic heterocycles. The van der Waals surface area contributed by atoms with Gasteiger partial charge in [0.05, 0.1) is 13.7 Å². The summed E-state index contributed by atoms with van der Waals surface area (Å²) in [7, 11) is 1.36. The van der Waals surface area contributed by atoms with Gasteiger partial charge in [-0.25, -0.2) is 9.18 Å². The number of esters is 1. The van der Waals surface area contributed by atoms with Gasteiger partial charge < -0.3 is 14.0 Å². The van der Waals surface area contributed by atoms with Crippen LogP contribution in [0.4, 0.5) is 4.39 Å². The molecule has 0 radical (unpaired) electrons. The Kier molecular flexibility index (Phi) is 3.74. The van der Waals surface area contributed by atoms with E-state index >= 15 is 0 Å². The fraction of sp³-hybridized carbons (Fsp3) is 0.250. The van der Waals surface area contributed by atoms with E-state index in [0.29, 0.717) is 5.56 Å². The monoisotopic (exact) mass is 266 g/mol. The quantitative estimate of drug-likeness (QED) is 0.788. The Bertz CT molecular complexity index is 597. The Hall–Kier alpha value is -2.44. The molecule has 2 rings (SSSR count). The highest BCUT2D eigenvalue weighted by atomic mass is 19.1. The summed E-state index contributed by atoms with van der Waals surface area (Å²) in [5.74, 6) is -1.31. The van der Waals surface area contributed by atoms with E-state index in [9.17, 15) is 9.18 Å². The second-order valence-corrected chi connectivity index (χ2v) is 3.49. The van der Waals surface area contributed by atoms with E-state index in [1.54, 1.807) is 13.0 Å². The minimum absolute atomic E-state index is 0.0320. The van der Waals surface area contributed by atoms with Gasteiger partial charge in [-0.1, -0.05) is 0 Å². The van der Waals surface area contributed by atoms with Crippen LogP contribution in [0.25, 0.3) is 11.5 Å². The van der Waals surface area contributed by atoms with Crippen LogP contribution in [0.5, 0.6) is 5.75 Å². The average molecular weight is 266 g/mol. The van der Waals surface area contributed by atoms with E-state index in [4.69, 9.17) is 14.0 Å². The summed E-state index contributed by atoms with van der Waals surface area (Å²) in [4.78, 5) is 15.2. The van der Waals surface area contributed by atoms with Gasteiger partial charge >= 0.3 is 5.97 Å². The summed E-state index contributed by atoms with van der Waals surface area (Å²) in [6, 6.07) is 4.16. The molecule has 100 valence electrons. The first kappa shape index (κ1) is 13.0. The highest BCUT2D eigenvalue weighted by Gasteiger charge is 2.17. The molecule has 19 heavy (non-hydrogen) atoms. The van der Waals surface area contributed by atoms with Crippen LogP contribution in [-0.2, 0) is 4.74 Å². The zero-order valence-electron chi connectivity index (χ0n) is 10.3. The summed E-state index contributed by atoms with van der Waals surface area (Å²) in [5.41, 5.74) is 0.348. The van der Waals surface area contributed by atoms with Crippen molar-refractivity contribution in [2.24, 2.45) is 0 Å². The minimum atomic E-state index is -0.688. The van der Waals surface area contributed by atoms with Crippen LogP contribution in [0.2, 0.25) is 0 Å². The standard InChI is InChI=1S/C12H11FN2O4/c1-3-18-12(16)10-14-11(19-15-10)7-4-5-9(17-2)8(13)6-7/h4-6H,3H2,1-2H3. The zero-order chi connectivity index (χ0) is 13.8. The van der Waals surface area contributed by atoms with Crippen LogP contribution in [0.1, 0.15) is 17.5 Å². The van der Waals surface area contributed by atoms with Gasteiger partial charge in [0, 0.05) is 5.56 Å². The van der Waals surface area contributed by atoms with Gasteiger partial charge in [0.1, 0.15) is 0 Å². The molecule has 0 spiro atoms. The molecule has 1 heterocycles. The van der Waals surface area contributed by atoms with Crippen molar-refractivity contribution in [1.82, 2.24) is 10.1 Å². The smallest absolute Gasteiger partial charge is 0.379 e. The molecule has 0 aliphatic carbocycles. The van der Waals surface area contributed by atoms with Crippen LogP contribution in [-0.4, -0.2) is 29.8 Å². The van der Waals surface area contributed by atoms with Crippen molar-refractivity contribution in [2.75, 3.05) is 13.7 Å². The Morgan fingerprint density at radius 2 is 2.26 bits per heavy atom. The maximum absolute atomic E-state index is 13.5. The normalized spacial score (nSPS) is 10.3. The summed E-state index contributed by atoms with van der Waals surface area (Å²) in [6.07, 6.45) is 0. The molecular weight excluding hydrogens is 255 g/mol.